The SMILES string of the molecule is ClCCCCOc1cc(Br)ccc1NCCN1CCCCC1. The van der Waals surface area contributed by atoms with Crippen LogP contribution in [0.5, 0.6) is 5.75 Å². The van der Waals surface area contributed by atoms with Gasteiger partial charge in [-0.15, -0.1) is 11.6 Å². The average Bonchev–Trinajstić information content (AvgIpc) is 2.54. The van der Waals surface area contributed by atoms with Crippen molar-refractivity contribution < 1.29 is 4.74 Å². The number of ether oxygens (including phenoxy) is 1. The first-order chi connectivity index (χ1) is 10.8. The Morgan fingerprint density at radius 3 is 2.77 bits per heavy atom. The smallest absolute Gasteiger partial charge is 0.143 e. The summed E-state index contributed by atoms with van der Waals surface area (Å²) in [6.07, 6.45) is 6.05. The zero-order valence-corrected chi connectivity index (χ0v) is 15.5. The molecule has 1 aliphatic heterocycles. The van der Waals surface area contributed by atoms with Crippen LogP contribution in [0.2, 0.25) is 0 Å². The summed E-state index contributed by atoms with van der Waals surface area (Å²) in [4.78, 5) is 2.54. The highest BCUT2D eigenvalue weighted by Gasteiger charge is 2.10. The molecule has 1 saturated heterocycles. The first-order valence-corrected chi connectivity index (χ1v) is 9.57. The minimum Gasteiger partial charge on any atom is -0.491 e. The number of anilines is 1. The van der Waals surface area contributed by atoms with E-state index in [4.69, 9.17) is 16.3 Å². The molecule has 0 atom stereocenters. The molecule has 0 spiro atoms. The van der Waals surface area contributed by atoms with Gasteiger partial charge in [0.05, 0.1) is 12.3 Å². The Balaban J connectivity index is 1.80. The van der Waals surface area contributed by atoms with E-state index in [0.29, 0.717) is 12.5 Å². The Bertz CT molecular complexity index is 439. The van der Waals surface area contributed by atoms with E-state index in [0.717, 1.165) is 41.8 Å². The molecule has 0 unspecified atom stereocenters. The molecule has 3 nitrogen and oxygen atoms in total. The summed E-state index contributed by atoms with van der Waals surface area (Å²) in [6, 6.07) is 6.16. The maximum atomic E-state index is 5.90. The van der Waals surface area contributed by atoms with Gasteiger partial charge in [0.1, 0.15) is 5.75 Å². The normalized spacial score (nSPS) is 15.7. The van der Waals surface area contributed by atoms with E-state index in [1.807, 2.05) is 6.07 Å². The molecule has 1 aliphatic rings. The third kappa shape index (κ3) is 6.35. The summed E-state index contributed by atoms with van der Waals surface area (Å²) < 4.78 is 6.94. The van der Waals surface area contributed by atoms with E-state index < -0.39 is 0 Å². The number of benzene rings is 1. The quantitative estimate of drug-likeness (QED) is 0.487. The van der Waals surface area contributed by atoms with Gasteiger partial charge in [0.2, 0.25) is 0 Å². The molecular weight excluding hydrogens is 364 g/mol. The van der Waals surface area contributed by atoms with Crippen molar-refractivity contribution in [1.82, 2.24) is 4.90 Å². The van der Waals surface area contributed by atoms with Gasteiger partial charge in [0.15, 0.2) is 0 Å². The molecule has 0 aromatic heterocycles. The molecular formula is C17H26BrClN2O. The Kier molecular flexibility index (Phi) is 8.42. The summed E-state index contributed by atoms with van der Waals surface area (Å²) >= 11 is 9.21. The first-order valence-electron chi connectivity index (χ1n) is 8.24. The lowest BCUT2D eigenvalue weighted by Crippen LogP contribution is -2.33. The summed E-state index contributed by atoms with van der Waals surface area (Å²) in [5.74, 6) is 1.62. The Labute approximate surface area is 147 Å². The van der Waals surface area contributed by atoms with Crippen LogP contribution in [-0.4, -0.2) is 43.6 Å². The number of unbranched alkanes of at least 4 members (excludes halogenated alkanes) is 1. The van der Waals surface area contributed by atoms with Crippen molar-refractivity contribution in [3.63, 3.8) is 0 Å². The van der Waals surface area contributed by atoms with Crippen LogP contribution >= 0.6 is 27.5 Å². The fourth-order valence-electron chi connectivity index (χ4n) is 2.67. The fraction of sp³-hybridized carbons (Fsp3) is 0.647. The zero-order valence-electron chi connectivity index (χ0n) is 13.1. The number of hydrogen-bond acceptors (Lipinski definition) is 3. The molecule has 2 rings (SSSR count). The third-order valence-corrected chi connectivity index (χ3v) is 4.68. The van der Waals surface area contributed by atoms with Gasteiger partial charge in [-0.25, -0.2) is 0 Å². The van der Waals surface area contributed by atoms with Gasteiger partial charge in [-0.05, 0) is 57.0 Å². The second-order valence-corrected chi connectivity index (χ2v) is 7.01. The Hall–Kier alpha value is -0.450. The van der Waals surface area contributed by atoms with Gasteiger partial charge in [0.25, 0.3) is 0 Å². The van der Waals surface area contributed by atoms with Crippen LogP contribution in [-0.2, 0) is 0 Å². The minimum atomic E-state index is 0.697. The molecule has 1 aromatic carbocycles. The lowest BCUT2D eigenvalue weighted by Gasteiger charge is -2.26. The molecule has 1 fully saturated rings. The summed E-state index contributed by atoms with van der Waals surface area (Å²) in [7, 11) is 0. The predicted molar refractivity (Wildman–Crippen MR) is 98.4 cm³/mol. The second kappa shape index (κ2) is 10.3. The Morgan fingerprint density at radius 1 is 1.18 bits per heavy atom. The van der Waals surface area contributed by atoms with Crippen molar-refractivity contribution in [2.75, 3.05) is 44.0 Å². The number of hydrogen-bond donors (Lipinski definition) is 1. The Morgan fingerprint density at radius 2 is 2.00 bits per heavy atom. The molecule has 0 bridgehead atoms. The lowest BCUT2D eigenvalue weighted by molar-refractivity contribution is 0.237. The van der Waals surface area contributed by atoms with E-state index in [9.17, 15) is 0 Å². The summed E-state index contributed by atoms with van der Waals surface area (Å²) in [5.41, 5.74) is 1.08. The molecule has 22 heavy (non-hydrogen) atoms. The zero-order chi connectivity index (χ0) is 15.6. The van der Waals surface area contributed by atoms with Crippen molar-refractivity contribution in [3.8, 4) is 5.75 Å². The number of likely N-dealkylation sites (tertiary alicyclic amines) is 1. The van der Waals surface area contributed by atoms with Crippen LogP contribution in [0.3, 0.4) is 0 Å². The maximum Gasteiger partial charge on any atom is 0.143 e. The predicted octanol–water partition coefficient (Wildman–Crippen LogP) is 4.74. The number of halogens is 2. The summed E-state index contributed by atoms with van der Waals surface area (Å²) in [6.45, 7) is 5.25. The van der Waals surface area contributed by atoms with Crippen molar-refractivity contribution in [2.45, 2.75) is 32.1 Å². The molecule has 124 valence electrons. The van der Waals surface area contributed by atoms with Crippen molar-refractivity contribution in [3.05, 3.63) is 22.7 Å². The first kappa shape index (κ1) is 17.9. The fourth-order valence-corrected chi connectivity index (χ4v) is 3.20. The van der Waals surface area contributed by atoms with Gasteiger partial charge in [0, 0.05) is 23.4 Å². The third-order valence-electron chi connectivity index (χ3n) is 3.92. The molecule has 0 saturated carbocycles. The van der Waals surface area contributed by atoms with Crippen LogP contribution in [0.25, 0.3) is 0 Å². The van der Waals surface area contributed by atoms with Crippen LogP contribution in [0.4, 0.5) is 5.69 Å². The number of nitrogens with one attached hydrogen (secondary N) is 1. The monoisotopic (exact) mass is 388 g/mol. The van der Waals surface area contributed by atoms with Crippen LogP contribution in [0.15, 0.2) is 22.7 Å². The van der Waals surface area contributed by atoms with Crippen LogP contribution in [0.1, 0.15) is 32.1 Å². The van der Waals surface area contributed by atoms with Gasteiger partial charge in [-0.2, -0.15) is 0 Å². The van der Waals surface area contributed by atoms with E-state index in [1.54, 1.807) is 0 Å². The molecule has 5 heteroatoms. The standard InChI is InChI=1S/C17H26BrClN2O/c18-15-6-7-16(17(14-15)22-13-5-2-8-19)20-9-12-21-10-3-1-4-11-21/h6-7,14,20H,1-5,8-13H2. The van der Waals surface area contributed by atoms with Gasteiger partial charge >= 0.3 is 0 Å². The maximum absolute atomic E-state index is 5.90. The minimum absolute atomic E-state index is 0.697. The van der Waals surface area contributed by atoms with E-state index in [-0.39, 0.29) is 0 Å². The van der Waals surface area contributed by atoms with Gasteiger partial charge in [-0.1, -0.05) is 22.4 Å². The van der Waals surface area contributed by atoms with Crippen LogP contribution < -0.4 is 10.1 Å². The number of rotatable bonds is 9. The molecule has 1 aromatic rings. The molecule has 0 aliphatic carbocycles. The molecule has 1 N–H and O–H groups in total. The van der Waals surface area contributed by atoms with Crippen molar-refractivity contribution in [1.29, 1.82) is 0 Å². The number of nitrogens with zero attached hydrogens (tertiary/aromatic N) is 1. The van der Waals surface area contributed by atoms with E-state index >= 15 is 0 Å². The molecule has 0 amide bonds. The van der Waals surface area contributed by atoms with E-state index in [1.165, 1.54) is 32.4 Å². The van der Waals surface area contributed by atoms with Crippen molar-refractivity contribution in [2.24, 2.45) is 0 Å². The van der Waals surface area contributed by atoms with Crippen molar-refractivity contribution >= 4 is 33.2 Å². The topological polar surface area (TPSA) is 24.5 Å². The average molecular weight is 390 g/mol. The molecule has 1 heterocycles. The van der Waals surface area contributed by atoms with E-state index in [2.05, 4.69) is 38.3 Å². The van der Waals surface area contributed by atoms with Gasteiger partial charge in [-0.3, -0.25) is 0 Å². The molecule has 0 radical (unpaired) electrons. The highest BCUT2D eigenvalue weighted by Crippen LogP contribution is 2.28. The number of piperidine rings is 1. The number of alkyl halides is 1. The van der Waals surface area contributed by atoms with Gasteiger partial charge < -0.3 is 15.0 Å². The van der Waals surface area contributed by atoms with Crippen LogP contribution in [0, 0.1) is 0 Å². The highest BCUT2D eigenvalue weighted by atomic mass is 79.9. The summed E-state index contributed by atoms with van der Waals surface area (Å²) in [5, 5.41) is 3.52. The second-order valence-electron chi connectivity index (χ2n) is 5.71. The highest BCUT2D eigenvalue weighted by molar-refractivity contribution is 9.10. The largest absolute Gasteiger partial charge is 0.491 e. The lowest BCUT2D eigenvalue weighted by atomic mass is 10.1.